The fourth-order valence-corrected chi connectivity index (χ4v) is 3.17. The number of carboxylic acid groups (broad SMARTS) is 1. The zero-order chi connectivity index (χ0) is 19.4. The molecule has 10 heteroatoms. The van der Waals surface area contributed by atoms with Crippen molar-refractivity contribution >= 4 is 5.97 Å². The highest BCUT2D eigenvalue weighted by Gasteiger charge is 2.51. The van der Waals surface area contributed by atoms with Crippen molar-refractivity contribution in [2.75, 3.05) is 13.7 Å². The SMILES string of the molecule is CO[C@H]1O[C@@H]2COC(c3ccccc3)O[C@H]2[C@H](O[C@H](C)C(=O)O)[C@H]1N=[N+]=[N-]. The average Bonchev–Trinajstić information content (AvgIpc) is 2.69. The lowest BCUT2D eigenvalue weighted by Gasteiger charge is -2.48. The largest absolute Gasteiger partial charge is 0.479 e. The molecule has 2 aliphatic heterocycles. The van der Waals surface area contributed by atoms with Crippen molar-refractivity contribution in [2.45, 2.75) is 50.0 Å². The van der Waals surface area contributed by atoms with Crippen LogP contribution in [0.25, 0.3) is 10.4 Å². The number of aliphatic carboxylic acids is 1. The number of carbonyl (C=O) groups is 1. The van der Waals surface area contributed by atoms with Crippen LogP contribution in [-0.4, -0.2) is 61.5 Å². The Hall–Kier alpha value is -2.20. The number of nitrogens with zero attached hydrogens (tertiary/aromatic N) is 3. The van der Waals surface area contributed by atoms with E-state index in [4.69, 9.17) is 29.2 Å². The van der Waals surface area contributed by atoms with E-state index < -0.39 is 49.0 Å². The third-order valence-electron chi connectivity index (χ3n) is 4.51. The van der Waals surface area contributed by atoms with Crippen molar-refractivity contribution < 1.29 is 33.6 Å². The summed E-state index contributed by atoms with van der Waals surface area (Å²) in [6.45, 7) is 1.59. The number of ether oxygens (including phenoxy) is 5. The average molecular weight is 379 g/mol. The number of fused-ring (bicyclic) bond motifs is 1. The summed E-state index contributed by atoms with van der Waals surface area (Å²) in [5.41, 5.74) is 9.73. The van der Waals surface area contributed by atoms with Crippen LogP contribution in [0.2, 0.25) is 0 Å². The van der Waals surface area contributed by atoms with Crippen LogP contribution in [0.1, 0.15) is 18.8 Å². The second kappa shape index (κ2) is 8.66. The highest BCUT2D eigenvalue weighted by molar-refractivity contribution is 5.71. The van der Waals surface area contributed by atoms with Gasteiger partial charge in [-0.1, -0.05) is 35.4 Å². The minimum absolute atomic E-state index is 0.189. The molecule has 0 radical (unpaired) electrons. The summed E-state index contributed by atoms with van der Waals surface area (Å²) >= 11 is 0. The second-order valence-corrected chi connectivity index (χ2v) is 6.23. The first-order valence-corrected chi connectivity index (χ1v) is 8.48. The van der Waals surface area contributed by atoms with Crippen molar-refractivity contribution in [2.24, 2.45) is 5.11 Å². The number of hydrogen-bond donors (Lipinski definition) is 1. The van der Waals surface area contributed by atoms with E-state index in [0.29, 0.717) is 0 Å². The second-order valence-electron chi connectivity index (χ2n) is 6.23. The van der Waals surface area contributed by atoms with Gasteiger partial charge in [-0.15, -0.1) is 0 Å². The summed E-state index contributed by atoms with van der Waals surface area (Å²) in [6.07, 6.45) is -4.87. The molecule has 7 atom stereocenters. The Bertz CT molecular complexity index is 697. The Kier molecular flexibility index (Phi) is 6.27. The number of carboxylic acids is 1. The summed E-state index contributed by atoms with van der Waals surface area (Å²) < 4.78 is 28.5. The number of hydrogen-bond acceptors (Lipinski definition) is 7. The van der Waals surface area contributed by atoms with Crippen molar-refractivity contribution in [3.8, 4) is 0 Å². The molecule has 0 amide bonds. The maximum Gasteiger partial charge on any atom is 0.332 e. The molecule has 2 fully saturated rings. The minimum atomic E-state index is -1.14. The van der Waals surface area contributed by atoms with Gasteiger partial charge >= 0.3 is 5.97 Å². The summed E-state index contributed by atoms with van der Waals surface area (Å²) in [5.74, 6) is -1.14. The molecule has 146 valence electrons. The van der Waals surface area contributed by atoms with Gasteiger partial charge in [0, 0.05) is 17.6 Å². The highest BCUT2D eigenvalue weighted by atomic mass is 16.7. The fourth-order valence-electron chi connectivity index (χ4n) is 3.17. The van der Waals surface area contributed by atoms with Crippen LogP contribution < -0.4 is 0 Å². The summed E-state index contributed by atoms with van der Waals surface area (Å²) in [5, 5.41) is 12.9. The standard InChI is InChI=1S/C17H21N3O7/c1-9(15(21)22)25-14-12(19-20-18)17(23-2)26-11-8-24-16(27-13(11)14)10-6-4-3-5-7-10/h3-7,9,11-14,16-17H,8H2,1-2H3,(H,21,22)/t9-,11-,12-,13-,14-,16?,17+/m1/s1. The van der Waals surface area contributed by atoms with Crippen molar-refractivity contribution in [1.29, 1.82) is 0 Å². The topological polar surface area (TPSA) is 132 Å². The Morgan fingerprint density at radius 2 is 2.11 bits per heavy atom. The van der Waals surface area contributed by atoms with E-state index in [0.717, 1.165) is 5.56 Å². The van der Waals surface area contributed by atoms with Crippen LogP contribution in [0.4, 0.5) is 0 Å². The van der Waals surface area contributed by atoms with Gasteiger partial charge in [-0.2, -0.15) is 0 Å². The van der Waals surface area contributed by atoms with Crippen LogP contribution in [0.5, 0.6) is 0 Å². The van der Waals surface area contributed by atoms with Crippen molar-refractivity contribution in [1.82, 2.24) is 0 Å². The molecule has 0 spiro atoms. The zero-order valence-electron chi connectivity index (χ0n) is 14.9. The third kappa shape index (κ3) is 4.22. The van der Waals surface area contributed by atoms with Crippen LogP contribution in [0, 0.1) is 0 Å². The van der Waals surface area contributed by atoms with Crippen molar-refractivity contribution in [3.63, 3.8) is 0 Å². The van der Waals surface area contributed by atoms with Crippen LogP contribution in [-0.2, 0) is 28.5 Å². The Balaban J connectivity index is 1.88. The quantitative estimate of drug-likeness (QED) is 0.454. The van der Waals surface area contributed by atoms with Crippen LogP contribution >= 0.6 is 0 Å². The van der Waals surface area contributed by atoms with Gasteiger partial charge in [-0.05, 0) is 12.5 Å². The molecule has 2 saturated heterocycles. The van der Waals surface area contributed by atoms with Gasteiger partial charge < -0.3 is 28.8 Å². The third-order valence-corrected chi connectivity index (χ3v) is 4.51. The maximum atomic E-state index is 11.3. The first-order valence-electron chi connectivity index (χ1n) is 8.48. The predicted molar refractivity (Wildman–Crippen MR) is 90.6 cm³/mol. The summed E-state index contributed by atoms with van der Waals surface area (Å²) in [4.78, 5) is 14.1. The van der Waals surface area contributed by atoms with E-state index in [9.17, 15) is 9.90 Å². The smallest absolute Gasteiger partial charge is 0.332 e. The molecule has 27 heavy (non-hydrogen) atoms. The highest BCUT2D eigenvalue weighted by Crippen LogP contribution is 2.36. The molecule has 1 aromatic carbocycles. The lowest BCUT2D eigenvalue weighted by Crippen LogP contribution is -2.63. The molecule has 1 aromatic rings. The minimum Gasteiger partial charge on any atom is -0.479 e. The maximum absolute atomic E-state index is 11.3. The molecule has 3 rings (SSSR count). The molecule has 0 aliphatic carbocycles. The molecular formula is C17H21N3O7. The fraction of sp³-hybridized carbons (Fsp3) is 0.588. The lowest BCUT2D eigenvalue weighted by atomic mass is 9.95. The van der Waals surface area contributed by atoms with E-state index in [2.05, 4.69) is 10.0 Å². The van der Waals surface area contributed by atoms with Gasteiger partial charge in [0.15, 0.2) is 18.7 Å². The van der Waals surface area contributed by atoms with E-state index in [1.807, 2.05) is 30.3 Å². The molecule has 0 aromatic heterocycles. The van der Waals surface area contributed by atoms with Crippen molar-refractivity contribution in [3.05, 3.63) is 46.3 Å². The van der Waals surface area contributed by atoms with Gasteiger partial charge in [0.2, 0.25) is 0 Å². The number of methoxy groups -OCH3 is 1. The monoisotopic (exact) mass is 379 g/mol. The van der Waals surface area contributed by atoms with Gasteiger partial charge in [-0.3, -0.25) is 0 Å². The van der Waals surface area contributed by atoms with Crippen LogP contribution in [0.3, 0.4) is 0 Å². The molecular weight excluding hydrogens is 358 g/mol. The number of rotatable bonds is 6. The normalized spacial score (nSPS) is 34.1. The van der Waals surface area contributed by atoms with Gasteiger partial charge in [0.05, 0.1) is 6.61 Å². The van der Waals surface area contributed by atoms with E-state index >= 15 is 0 Å². The van der Waals surface area contributed by atoms with Gasteiger partial charge in [-0.25, -0.2) is 4.79 Å². The van der Waals surface area contributed by atoms with Gasteiger partial charge in [0.25, 0.3) is 0 Å². The summed E-state index contributed by atoms with van der Waals surface area (Å²) in [7, 11) is 1.40. The number of azide groups is 1. The Labute approximate surface area is 155 Å². The summed E-state index contributed by atoms with van der Waals surface area (Å²) in [6, 6.07) is 8.38. The van der Waals surface area contributed by atoms with E-state index in [-0.39, 0.29) is 6.61 Å². The molecule has 2 heterocycles. The first kappa shape index (κ1) is 19.6. The van der Waals surface area contributed by atoms with E-state index in [1.54, 1.807) is 0 Å². The zero-order valence-corrected chi connectivity index (χ0v) is 14.9. The van der Waals surface area contributed by atoms with Gasteiger partial charge in [0.1, 0.15) is 24.4 Å². The lowest BCUT2D eigenvalue weighted by molar-refractivity contribution is -0.345. The molecule has 0 saturated carbocycles. The van der Waals surface area contributed by atoms with Crippen LogP contribution in [0.15, 0.2) is 35.4 Å². The molecule has 1 unspecified atom stereocenters. The molecule has 2 aliphatic rings. The Morgan fingerprint density at radius 1 is 1.37 bits per heavy atom. The Morgan fingerprint density at radius 3 is 2.74 bits per heavy atom. The molecule has 1 N–H and O–H groups in total. The number of benzene rings is 1. The molecule has 0 bridgehead atoms. The first-order chi connectivity index (χ1) is 13.0. The predicted octanol–water partition coefficient (Wildman–Crippen LogP) is 2.01. The van der Waals surface area contributed by atoms with E-state index in [1.165, 1.54) is 14.0 Å². The molecule has 10 nitrogen and oxygen atoms in total.